The molecule has 1 aromatic heterocycles. The van der Waals surface area contributed by atoms with Crippen LogP contribution in [0.25, 0.3) is 33.2 Å². The Balaban J connectivity index is 1.72. The van der Waals surface area contributed by atoms with Crippen molar-refractivity contribution in [1.29, 1.82) is 0 Å². The zero-order chi connectivity index (χ0) is 18.8. The zero-order valence-electron chi connectivity index (χ0n) is 15.7. The third kappa shape index (κ3) is 2.14. The summed E-state index contributed by atoms with van der Waals surface area (Å²) in [5.41, 5.74) is 7.38. The van der Waals surface area contributed by atoms with Gasteiger partial charge >= 0.3 is 0 Å². The van der Waals surface area contributed by atoms with Crippen molar-refractivity contribution in [2.24, 2.45) is 0 Å². The van der Waals surface area contributed by atoms with E-state index >= 15 is 0 Å². The Labute approximate surface area is 168 Å². The molecule has 3 heteroatoms. The molecule has 6 rings (SSSR count). The maximum Gasteiger partial charge on any atom is 0.269 e. The summed E-state index contributed by atoms with van der Waals surface area (Å²) in [4.78, 5) is 2.56. The maximum atomic E-state index is 3.67. The highest BCUT2D eigenvalue weighted by molar-refractivity contribution is 7.99. The van der Waals surface area contributed by atoms with Gasteiger partial charge in [0.05, 0.1) is 22.4 Å². The number of rotatable bonds is 1. The highest BCUT2D eigenvalue weighted by Gasteiger charge is 2.23. The molecule has 0 bridgehead atoms. The van der Waals surface area contributed by atoms with Gasteiger partial charge < -0.3 is 0 Å². The Hall–Kier alpha value is -3.04. The van der Waals surface area contributed by atoms with Crippen LogP contribution in [0.15, 0.2) is 82.6 Å². The highest BCUT2D eigenvalue weighted by atomic mass is 32.2. The third-order valence-corrected chi connectivity index (χ3v) is 6.69. The summed E-state index contributed by atoms with van der Waals surface area (Å²) in [7, 11) is 0. The van der Waals surface area contributed by atoms with Gasteiger partial charge in [0.25, 0.3) is 6.33 Å². The molecule has 0 spiro atoms. The maximum absolute atomic E-state index is 3.67. The van der Waals surface area contributed by atoms with E-state index in [1.165, 1.54) is 54.1 Å². The summed E-state index contributed by atoms with van der Waals surface area (Å²) in [5.74, 6) is 0. The van der Waals surface area contributed by atoms with Gasteiger partial charge in [-0.15, -0.1) is 0 Å². The van der Waals surface area contributed by atoms with Crippen molar-refractivity contribution in [2.75, 3.05) is 0 Å². The van der Waals surface area contributed by atoms with Crippen LogP contribution in [0.2, 0.25) is 0 Å². The van der Waals surface area contributed by atoms with Crippen LogP contribution in [0.1, 0.15) is 11.1 Å². The fourth-order valence-corrected chi connectivity index (χ4v) is 5.40. The number of para-hydroxylation sites is 2. The van der Waals surface area contributed by atoms with E-state index in [4.69, 9.17) is 0 Å². The molecule has 0 aliphatic carbocycles. The Kier molecular flexibility index (Phi) is 3.27. The number of hydrogen-bond acceptors (Lipinski definition) is 1. The smallest absolute Gasteiger partial charge is 0.269 e. The minimum atomic E-state index is 1.20. The van der Waals surface area contributed by atoms with Crippen molar-refractivity contribution in [2.45, 2.75) is 23.6 Å². The zero-order valence-corrected chi connectivity index (χ0v) is 16.5. The number of imidazole rings is 1. The number of nitrogens with zero attached hydrogens (tertiary/aromatic N) is 2. The van der Waals surface area contributed by atoms with Crippen LogP contribution in [0.3, 0.4) is 0 Å². The van der Waals surface area contributed by atoms with E-state index < -0.39 is 0 Å². The fourth-order valence-electron chi connectivity index (χ4n) is 4.29. The molecule has 0 saturated heterocycles. The first-order valence-electron chi connectivity index (χ1n) is 9.47. The average molecular weight is 379 g/mol. The van der Waals surface area contributed by atoms with E-state index in [1.807, 2.05) is 11.8 Å². The van der Waals surface area contributed by atoms with Crippen LogP contribution in [-0.4, -0.2) is 4.57 Å². The lowest BCUT2D eigenvalue weighted by molar-refractivity contribution is -0.576. The van der Waals surface area contributed by atoms with Gasteiger partial charge in [0, 0.05) is 9.79 Å². The number of aryl methyl sites for hydroxylation is 2. The molecule has 2 heterocycles. The average Bonchev–Trinajstić information content (AvgIpc) is 3.08. The number of fused-ring (bicyclic) bond motifs is 3. The van der Waals surface area contributed by atoms with E-state index in [0.717, 1.165) is 0 Å². The van der Waals surface area contributed by atoms with Gasteiger partial charge in [0.2, 0.25) is 0 Å². The lowest BCUT2D eigenvalue weighted by Crippen LogP contribution is -2.32. The van der Waals surface area contributed by atoms with Crippen molar-refractivity contribution >= 4 is 33.6 Å². The number of benzene rings is 4. The predicted molar refractivity (Wildman–Crippen MR) is 115 cm³/mol. The molecule has 4 aromatic carbocycles. The van der Waals surface area contributed by atoms with Gasteiger partial charge in [0.1, 0.15) is 0 Å². The molecule has 1 aliphatic rings. The Morgan fingerprint density at radius 3 is 2.29 bits per heavy atom. The molecule has 0 radical (unpaired) electrons. The monoisotopic (exact) mass is 378 g/mol. The van der Waals surface area contributed by atoms with Gasteiger partial charge in [-0.3, -0.25) is 9.13 Å². The first-order valence-corrected chi connectivity index (χ1v) is 10.3. The van der Waals surface area contributed by atoms with Crippen LogP contribution in [0.5, 0.6) is 0 Å². The molecule has 134 valence electrons. The summed E-state index contributed by atoms with van der Waals surface area (Å²) in [5, 5.41) is 2.54. The molecule has 0 atom stereocenters. The quantitative estimate of drug-likeness (QED) is 0.254. The summed E-state index contributed by atoms with van der Waals surface area (Å²) in [6, 6.07) is 26.2. The molecular formula is C25H18N2S. The van der Waals surface area contributed by atoms with Gasteiger partial charge in [-0.25, -0.2) is 0 Å². The van der Waals surface area contributed by atoms with Gasteiger partial charge in [-0.05, 0) is 47.9 Å². The number of aromatic nitrogens is 2. The van der Waals surface area contributed by atoms with Crippen LogP contribution in [-0.2, 0) is 0 Å². The fraction of sp³-hybridized carbons (Fsp3) is 0.0800. The second kappa shape index (κ2) is 5.73. The topological polar surface area (TPSA) is 8.81 Å². The summed E-state index contributed by atoms with van der Waals surface area (Å²) >= 11 is 1.85. The Morgan fingerprint density at radius 1 is 0.786 bits per heavy atom. The minimum Gasteiger partial charge on any atom is -0.291 e. The SMILES string of the molecule is Cc1cccc(C)c1-n1[c-][n+]2c3c(cccc31)Sc1cc3ccccc3cc1-2. The van der Waals surface area contributed by atoms with E-state index in [0.29, 0.717) is 0 Å². The molecule has 28 heavy (non-hydrogen) atoms. The summed E-state index contributed by atoms with van der Waals surface area (Å²) in [6.45, 7) is 4.35. The van der Waals surface area contributed by atoms with E-state index in [1.54, 1.807) is 0 Å². The molecule has 1 aliphatic heterocycles. The van der Waals surface area contributed by atoms with Crippen molar-refractivity contribution in [1.82, 2.24) is 4.57 Å². The standard InChI is InChI=1S/C25H18N2S/c1-16-7-5-8-17(2)24(16)26-15-27-21-13-18-9-3-4-10-19(18)14-23(21)28-22-12-6-11-20(26)25(22)27/h3-14H,1-2H3. The summed E-state index contributed by atoms with van der Waals surface area (Å²) in [6.07, 6.45) is 3.67. The normalized spacial score (nSPS) is 12.5. The first-order chi connectivity index (χ1) is 13.7. The molecular weight excluding hydrogens is 360 g/mol. The van der Waals surface area contributed by atoms with Crippen molar-refractivity contribution < 1.29 is 4.57 Å². The van der Waals surface area contributed by atoms with Crippen molar-refractivity contribution in [3.05, 3.63) is 90.3 Å². The molecule has 2 nitrogen and oxygen atoms in total. The van der Waals surface area contributed by atoms with Gasteiger partial charge in [0.15, 0.2) is 0 Å². The molecule has 0 N–H and O–H groups in total. The van der Waals surface area contributed by atoms with E-state index in [2.05, 4.69) is 102 Å². The Bertz CT molecular complexity index is 1390. The van der Waals surface area contributed by atoms with Crippen molar-refractivity contribution in [3.63, 3.8) is 0 Å². The summed E-state index contributed by atoms with van der Waals surface area (Å²) < 4.78 is 4.48. The second-order valence-corrected chi connectivity index (χ2v) is 8.49. The highest BCUT2D eigenvalue weighted by Crippen LogP contribution is 2.41. The van der Waals surface area contributed by atoms with Crippen LogP contribution in [0.4, 0.5) is 0 Å². The van der Waals surface area contributed by atoms with Gasteiger partial charge in [-0.1, -0.05) is 72.4 Å². The molecule has 0 amide bonds. The minimum absolute atomic E-state index is 1.20. The lowest BCUT2D eigenvalue weighted by Gasteiger charge is -2.18. The van der Waals surface area contributed by atoms with E-state index in [-0.39, 0.29) is 0 Å². The van der Waals surface area contributed by atoms with Crippen LogP contribution < -0.4 is 4.57 Å². The largest absolute Gasteiger partial charge is 0.291 e. The Morgan fingerprint density at radius 2 is 1.50 bits per heavy atom. The molecule has 0 unspecified atom stereocenters. The van der Waals surface area contributed by atoms with Crippen molar-refractivity contribution in [3.8, 4) is 11.4 Å². The molecule has 5 aromatic rings. The molecule has 0 saturated carbocycles. The number of hydrogen-bond donors (Lipinski definition) is 0. The van der Waals surface area contributed by atoms with Gasteiger partial charge in [-0.2, -0.15) is 0 Å². The van der Waals surface area contributed by atoms with E-state index in [9.17, 15) is 0 Å². The van der Waals surface area contributed by atoms with Crippen LogP contribution in [0, 0.1) is 20.2 Å². The second-order valence-electron chi connectivity index (χ2n) is 7.40. The third-order valence-electron chi connectivity index (χ3n) is 5.59. The first kappa shape index (κ1) is 16.0. The molecule has 0 fully saturated rings. The lowest BCUT2D eigenvalue weighted by atomic mass is 10.1. The van der Waals surface area contributed by atoms with Crippen LogP contribution >= 0.6 is 11.8 Å². The predicted octanol–water partition coefficient (Wildman–Crippen LogP) is 5.94.